The lowest BCUT2D eigenvalue weighted by Crippen LogP contribution is -2.21. The molecule has 0 radical (unpaired) electrons. The van der Waals surface area contributed by atoms with Crippen molar-refractivity contribution in [3.8, 4) is 0 Å². The molecule has 0 aliphatic rings. The summed E-state index contributed by atoms with van der Waals surface area (Å²) in [6.45, 7) is 4.28. The topological polar surface area (TPSA) is 38.7 Å². The monoisotopic (exact) mass is 377 g/mol. The number of nitrogens with zero attached hydrogens (tertiary/aromatic N) is 1. The molecule has 0 aliphatic heterocycles. The first-order chi connectivity index (χ1) is 13.7. The summed E-state index contributed by atoms with van der Waals surface area (Å²) < 4.78 is 5.04. The maximum atomic E-state index is 12.4. The van der Waals surface area contributed by atoms with Crippen LogP contribution in [0, 0.1) is 0 Å². The van der Waals surface area contributed by atoms with Crippen molar-refractivity contribution < 1.29 is 9.53 Å². The van der Waals surface area contributed by atoms with Gasteiger partial charge in [-0.3, -0.25) is 4.99 Å². The predicted molar refractivity (Wildman–Crippen MR) is 117 cm³/mol. The lowest BCUT2D eigenvalue weighted by atomic mass is 10.0. The highest BCUT2D eigenvalue weighted by Crippen LogP contribution is 2.16. The molecule has 3 heteroatoms. The zero-order valence-corrected chi connectivity index (χ0v) is 17.2. The number of allylic oxidation sites excluding steroid dienone is 1. The molecule has 0 fully saturated rings. The van der Waals surface area contributed by atoms with Gasteiger partial charge in [-0.15, -0.1) is 0 Å². The summed E-state index contributed by atoms with van der Waals surface area (Å²) in [7, 11) is 1.42. The summed E-state index contributed by atoms with van der Waals surface area (Å²) >= 11 is 0. The van der Waals surface area contributed by atoms with Gasteiger partial charge in [0.05, 0.1) is 12.8 Å². The average Bonchev–Trinajstić information content (AvgIpc) is 2.74. The molecule has 0 aromatic heterocycles. The van der Waals surface area contributed by atoms with Gasteiger partial charge in [0, 0.05) is 11.1 Å². The first kappa shape index (κ1) is 21.6. The minimum atomic E-state index is -0.647. The van der Waals surface area contributed by atoms with Crippen molar-refractivity contribution in [3.63, 3.8) is 0 Å². The molecule has 0 saturated heterocycles. The van der Waals surface area contributed by atoms with Gasteiger partial charge in [-0.25, -0.2) is 4.79 Å². The number of aliphatic imine (C=N–C) groups is 1. The Hall–Kier alpha value is -2.68. The SMILES string of the molecule is CCCCCC/C(C)=C/C(N=C(c1ccccc1)c1ccccc1)C(=O)OC. The van der Waals surface area contributed by atoms with Crippen LogP contribution < -0.4 is 0 Å². The molecule has 0 saturated carbocycles. The molecule has 2 aromatic carbocycles. The van der Waals surface area contributed by atoms with Crippen LogP contribution in [0.25, 0.3) is 0 Å². The van der Waals surface area contributed by atoms with Crippen LogP contribution in [0.2, 0.25) is 0 Å². The summed E-state index contributed by atoms with van der Waals surface area (Å²) in [5.74, 6) is -0.336. The van der Waals surface area contributed by atoms with E-state index in [1.54, 1.807) is 0 Å². The number of hydrogen-bond acceptors (Lipinski definition) is 3. The van der Waals surface area contributed by atoms with Crippen LogP contribution in [0.15, 0.2) is 77.3 Å². The van der Waals surface area contributed by atoms with Crippen LogP contribution in [0.5, 0.6) is 0 Å². The van der Waals surface area contributed by atoms with E-state index in [0.29, 0.717) is 0 Å². The molecule has 2 rings (SSSR count). The maximum Gasteiger partial charge on any atom is 0.334 e. The molecule has 1 atom stereocenters. The van der Waals surface area contributed by atoms with Crippen LogP contribution in [0.1, 0.15) is 57.1 Å². The van der Waals surface area contributed by atoms with Gasteiger partial charge >= 0.3 is 5.97 Å². The zero-order chi connectivity index (χ0) is 20.2. The molecule has 0 heterocycles. The number of unbranched alkanes of at least 4 members (excludes halogenated alkanes) is 3. The van der Waals surface area contributed by atoms with Crippen LogP contribution in [0.4, 0.5) is 0 Å². The number of ether oxygens (including phenoxy) is 1. The molecular weight excluding hydrogens is 346 g/mol. The van der Waals surface area contributed by atoms with E-state index in [4.69, 9.17) is 9.73 Å². The third kappa shape index (κ3) is 6.80. The Morgan fingerprint density at radius 2 is 1.54 bits per heavy atom. The van der Waals surface area contributed by atoms with Crippen LogP contribution in [-0.4, -0.2) is 24.8 Å². The molecule has 3 nitrogen and oxygen atoms in total. The van der Waals surface area contributed by atoms with Gasteiger partial charge in [0.25, 0.3) is 0 Å². The van der Waals surface area contributed by atoms with Gasteiger partial charge in [-0.1, -0.05) is 98.5 Å². The average molecular weight is 378 g/mol. The number of esters is 1. The molecule has 2 aromatic rings. The summed E-state index contributed by atoms with van der Waals surface area (Å²) in [5, 5.41) is 0. The quantitative estimate of drug-likeness (QED) is 0.221. The van der Waals surface area contributed by atoms with Crippen molar-refractivity contribution in [1.82, 2.24) is 0 Å². The first-order valence-electron chi connectivity index (χ1n) is 10.1. The molecule has 0 bridgehead atoms. The smallest absolute Gasteiger partial charge is 0.334 e. The molecular formula is C25H31NO2. The van der Waals surface area contributed by atoms with Gasteiger partial charge in [0.15, 0.2) is 6.04 Å². The third-order valence-electron chi connectivity index (χ3n) is 4.67. The van der Waals surface area contributed by atoms with E-state index in [2.05, 4.69) is 13.8 Å². The van der Waals surface area contributed by atoms with Gasteiger partial charge in [0.2, 0.25) is 0 Å². The molecule has 0 spiro atoms. The minimum absolute atomic E-state index is 0.336. The minimum Gasteiger partial charge on any atom is -0.467 e. The summed E-state index contributed by atoms with van der Waals surface area (Å²) in [4.78, 5) is 17.3. The van der Waals surface area contributed by atoms with Crippen molar-refractivity contribution in [3.05, 3.63) is 83.4 Å². The number of hydrogen-bond donors (Lipinski definition) is 0. The Kier molecular flexibility index (Phi) is 9.20. The molecule has 1 unspecified atom stereocenters. The van der Waals surface area contributed by atoms with E-state index >= 15 is 0 Å². The van der Waals surface area contributed by atoms with E-state index in [1.807, 2.05) is 66.7 Å². The van der Waals surface area contributed by atoms with E-state index in [-0.39, 0.29) is 5.97 Å². The summed E-state index contributed by atoms with van der Waals surface area (Å²) in [5.41, 5.74) is 3.94. The van der Waals surface area contributed by atoms with E-state index < -0.39 is 6.04 Å². The van der Waals surface area contributed by atoms with Crippen molar-refractivity contribution in [2.75, 3.05) is 7.11 Å². The molecule has 0 amide bonds. The summed E-state index contributed by atoms with van der Waals surface area (Å²) in [6, 6.07) is 19.3. The summed E-state index contributed by atoms with van der Waals surface area (Å²) in [6.07, 6.45) is 7.75. The second-order valence-corrected chi connectivity index (χ2v) is 7.00. The number of carbonyl (C=O) groups is 1. The number of rotatable bonds is 10. The Labute approximate surface area is 169 Å². The van der Waals surface area contributed by atoms with Crippen molar-refractivity contribution in [2.24, 2.45) is 4.99 Å². The van der Waals surface area contributed by atoms with Crippen LogP contribution in [0.3, 0.4) is 0 Å². The Balaban J connectivity index is 2.36. The van der Waals surface area contributed by atoms with Gasteiger partial charge in [0.1, 0.15) is 0 Å². The number of carbonyl (C=O) groups excluding carboxylic acids is 1. The number of benzene rings is 2. The first-order valence-corrected chi connectivity index (χ1v) is 10.1. The lowest BCUT2D eigenvalue weighted by Gasteiger charge is -2.13. The lowest BCUT2D eigenvalue weighted by molar-refractivity contribution is -0.140. The van der Waals surface area contributed by atoms with E-state index in [9.17, 15) is 4.79 Å². The van der Waals surface area contributed by atoms with Crippen LogP contribution >= 0.6 is 0 Å². The second-order valence-electron chi connectivity index (χ2n) is 7.00. The fourth-order valence-corrected chi connectivity index (χ4v) is 3.11. The Bertz CT molecular complexity index is 737. The van der Waals surface area contributed by atoms with Crippen molar-refractivity contribution in [1.29, 1.82) is 0 Å². The largest absolute Gasteiger partial charge is 0.467 e. The van der Waals surface area contributed by atoms with Gasteiger partial charge < -0.3 is 4.74 Å². The molecule has 148 valence electrons. The molecule has 28 heavy (non-hydrogen) atoms. The fraction of sp³-hybridized carbons (Fsp3) is 0.360. The highest BCUT2D eigenvalue weighted by Gasteiger charge is 2.18. The predicted octanol–water partition coefficient (Wildman–Crippen LogP) is 5.98. The molecule has 0 N–H and O–H groups in total. The maximum absolute atomic E-state index is 12.4. The fourth-order valence-electron chi connectivity index (χ4n) is 3.11. The molecule has 0 aliphatic carbocycles. The Morgan fingerprint density at radius 1 is 0.964 bits per heavy atom. The Morgan fingerprint density at radius 3 is 2.04 bits per heavy atom. The van der Waals surface area contributed by atoms with Crippen LogP contribution in [-0.2, 0) is 9.53 Å². The number of methoxy groups -OCH3 is 1. The highest BCUT2D eigenvalue weighted by molar-refractivity contribution is 6.13. The third-order valence-corrected chi connectivity index (χ3v) is 4.67. The highest BCUT2D eigenvalue weighted by atomic mass is 16.5. The standard InChI is InChI=1S/C25H31NO2/c1-4-5-6-9-14-20(2)19-23(25(27)28-3)26-24(21-15-10-7-11-16-21)22-17-12-8-13-18-22/h7-8,10-13,15-19,23H,4-6,9,14H2,1-3H3/b20-19+. The van der Waals surface area contributed by atoms with Gasteiger partial charge in [-0.05, 0) is 19.8 Å². The van der Waals surface area contributed by atoms with E-state index in [1.165, 1.54) is 31.9 Å². The van der Waals surface area contributed by atoms with Crippen molar-refractivity contribution in [2.45, 2.75) is 52.0 Å². The zero-order valence-electron chi connectivity index (χ0n) is 17.2. The van der Waals surface area contributed by atoms with Gasteiger partial charge in [-0.2, -0.15) is 0 Å². The van der Waals surface area contributed by atoms with E-state index in [0.717, 1.165) is 29.7 Å². The normalized spacial score (nSPS) is 12.3. The second kappa shape index (κ2) is 11.9. The van der Waals surface area contributed by atoms with Crippen molar-refractivity contribution >= 4 is 11.7 Å².